The van der Waals surface area contributed by atoms with E-state index in [2.05, 4.69) is 4.31 Å². The van der Waals surface area contributed by atoms with Crippen LogP contribution in [0.25, 0.3) is 0 Å². The fourth-order valence-electron chi connectivity index (χ4n) is 0.848. The van der Waals surface area contributed by atoms with Crippen molar-refractivity contribution in [3.63, 3.8) is 0 Å². The maximum absolute atomic E-state index is 10.3. The zero-order valence-electron chi connectivity index (χ0n) is 11.1. The van der Waals surface area contributed by atoms with Gasteiger partial charge in [-0.2, -0.15) is 0 Å². The van der Waals surface area contributed by atoms with Gasteiger partial charge in [-0.15, -0.1) is 0 Å². The van der Waals surface area contributed by atoms with E-state index in [1.165, 1.54) is 0 Å². The molecule has 0 aliphatic carbocycles. The van der Waals surface area contributed by atoms with E-state index in [1.54, 1.807) is 0 Å². The minimum absolute atomic E-state index is 0. The summed E-state index contributed by atoms with van der Waals surface area (Å²) in [5, 5.41) is 33.8. The van der Waals surface area contributed by atoms with Gasteiger partial charge in [0.05, 0.1) is 12.8 Å². The Morgan fingerprint density at radius 1 is 0.958 bits per heavy atom. The summed E-state index contributed by atoms with van der Waals surface area (Å²) in [6.45, 7) is 0. The monoisotopic (exact) mass is 442 g/mol. The molecule has 0 saturated carbocycles. The fraction of sp³-hybridized carbons (Fsp3) is 0.500. The SMILES string of the molecule is O=C(O)CC(O)(CC(=O)O)C(=O)O.O=P([O-])(O)OP(=O)(O)O.[Fe+2].[OH-]. The number of carbonyl (C=O) groups is 3. The van der Waals surface area contributed by atoms with Crippen LogP contribution in [0.3, 0.4) is 0 Å². The molecule has 0 bridgehead atoms. The van der Waals surface area contributed by atoms with Gasteiger partial charge in [0.1, 0.15) is 0 Å². The number of phosphoric acid groups is 2. The molecule has 0 fully saturated rings. The van der Waals surface area contributed by atoms with Gasteiger partial charge in [0.25, 0.3) is 7.82 Å². The Morgan fingerprint density at radius 3 is 1.33 bits per heavy atom. The predicted octanol–water partition coefficient (Wildman–Crippen LogP) is -2.87. The Hall–Kier alpha value is -0.891. The van der Waals surface area contributed by atoms with Crippen LogP contribution in [-0.4, -0.2) is 64.1 Å². The molecule has 18 heteroatoms. The molecule has 0 aromatic heterocycles. The second kappa shape index (κ2) is 11.6. The second-order valence-electron chi connectivity index (χ2n) is 3.52. The van der Waals surface area contributed by atoms with Crippen LogP contribution in [-0.2, 0) is 44.9 Å². The molecule has 144 valence electrons. The van der Waals surface area contributed by atoms with E-state index in [0.29, 0.717) is 0 Å². The molecule has 0 aliphatic rings. The first-order valence-electron chi connectivity index (χ1n) is 4.68. The molecular formula is C6H12FeO15P2. The average molecular weight is 442 g/mol. The second-order valence-corrected chi connectivity index (χ2v) is 6.09. The largest absolute Gasteiger partial charge is 2.00 e. The van der Waals surface area contributed by atoms with E-state index < -0.39 is 52.0 Å². The molecule has 15 nitrogen and oxygen atoms in total. The van der Waals surface area contributed by atoms with Crippen molar-refractivity contribution in [3.8, 4) is 0 Å². The molecule has 1 unspecified atom stereocenters. The van der Waals surface area contributed by atoms with Gasteiger partial charge >= 0.3 is 42.8 Å². The zero-order valence-corrected chi connectivity index (χ0v) is 14.0. The molecule has 8 N–H and O–H groups in total. The van der Waals surface area contributed by atoms with E-state index in [-0.39, 0.29) is 22.5 Å². The Balaban J connectivity index is -0.000000162. The van der Waals surface area contributed by atoms with Crippen LogP contribution >= 0.6 is 15.6 Å². The zero-order chi connectivity index (χ0) is 18.4. The quantitative estimate of drug-likeness (QED) is 0.154. The van der Waals surface area contributed by atoms with Crippen molar-refractivity contribution in [2.24, 2.45) is 0 Å². The molecule has 0 radical (unpaired) electrons. The minimum Gasteiger partial charge on any atom is -0.870 e. The Bertz CT molecular complexity index is 482. The Kier molecular flexibility index (Phi) is 15.0. The summed E-state index contributed by atoms with van der Waals surface area (Å²) in [5.74, 6) is -5.02. The summed E-state index contributed by atoms with van der Waals surface area (Å²) in [7, 11) is -10.4. The number of rotatable bonds is 7. The molecule has 0 saturated heterocycles. The standard InChI is InChI=1S/C6H8O7.Fe.H4O7P2.H2O/c7-3(8)1-6(13,5(11)12)2-4(9)10;;1-8(2,3)7-9(4,5)6;/h13H,1-2H2,(H,7,8)(H,9,10)(H,11,12);;(H2,1,2,3)(H2,4,5,6);1H2/q;+2;;/p-2. The summed E-state index contributed by atoms with van der Waals surface area (Å²) in [4.78, 5) is 63.1. The number of carboxylic acid groups (broad SMARTS) is 3. The van der Waals surface area contributed by atoms with Gasteiger partial charge in [-0.3, -0.25) is 14.2 Å². The van der Waals surface area contributed by atoms with E-state index in [0.717, 1.165) is 0 Å². The molecule has 24 heavy (non-hydrogen) atoms. The maximum atomic E-state index is 10.3. The van der Waals surface area contributed by atoms with Crippen LogP contribution in [0.5, 0.6) is 0 Å². The molecule has 0 aromatic rings. The van der Waals surface area contributed by atoms with Crippen LogP contribution in [0, 0.1) is 0 Å². The number of hydrogen-bond acceptors (Lipinski definition) is 9. The van der Waals surface area contributed by atoms with Gasteiger partial charge in [-0.1, -0.05) is 0 Å². The van der Waals surface area contributed by atoms with Gasteiger partial charge in [0, 0.05) is 0 Å². The van der Waals surface area contributed by atoms with Gasteiger partial charge < -0.3 is 45.5 Å². The minimum atomic E-state index is -5.30. The van der Waals surface area contributed by atoms with Crippen LogP contribution < -0.4 is 4.89 Å². The van der Waals surface area contributed by atoms with E-state index in [4.69, 9.17) is 35.1 Å². The molecule has 0 spiro atoms. The molecular weight excluding hydrogens is 430 g/mol. The number of aliphatic carboxylic acids is 3. The Morgan fingerprint density at radius 2 is 1.25 bits per heavy atom. The predicted molar refractivity (Wildman–Crippen MR) is 62.0 cm³/mol. The van der Waals surface area contributed by atoms with Gasteiger partial charge in [-0.25, -0.2) is 13.7 Å². The van der Waals surface area contributed by atoms with Crippen molar-refractivity contribution >= 4 is 33.6 Å². The van der Waals surface area contributed by atoms with Gasteiger partial charge in [-0.05, 0) is 0 Å². The summed E-state index contributed by atoms with van der Waals surface area (Å²) < 4.78 is 21.9. The van der Waals surface area contributed by atoms with Crippen LogP contribution in [0.2, 0.25) is 0 Å². The molecule has 1 atom stereocenters. The van der Waals surface area contributed by atoms with E-state index in [9.17, 15) is 28.4 Å². The van der Waals surface area contributed by atoms with Crippen molar-refractivity contribution in [3.05, 3.63) is 0 Å². The van der Waals surface area contributed by atoms with Crippen molar-refractivity contribution < 1.29 is 90.4 Å². The number of aliphatic hydroxyl groups is 1. The average Bonchev–Trinajstić information content (AvgIpc) is 2.08. The number of hydrogen-bond donors (Lipinski definition) is 7. The molecule has 0 aromatic carbocycles. The molecule has 0 heterocycles. The van der Waals surface area contributed by atoms with Gasteiger partial charge in [0.15, 0.2) is 5.60 Å². The van der Waals surface area contributed by atoms with Crippen molar-refractivity contribution in [2.45, 2.75) is 18.4 Å². The topological polar surface area (TPSA) is 289 Å². The molecule has 0 amide bonds. The normalized spacial score (nSPS) is 13.0. The third-order valence-electron chi connectivity index (χ3n) is 1.49. The molecule has 0 rings (SSSR count). The summed E-state index contributed by atoms with van der Waals surface area (Å²) in [6, 6.07) is 0. The van der Waals surface area contributed by atoms with Crippen molar-refractivity contribution in [1.82, 2.24) is 0 Å². The van der Waals surface area contributed by atoms with Gasteiger partial charge in [0.2, 0.25) is 0 Å². The third-order valence-corrected chi connectivity index (χ3v) is 3.17. The van der Waals surface area contributed by atoms with Crippen molar-refractivity contribution in [2.75, 3.05) is 0 Å². The maximum Gasteiger partial charge on any atom is 2.00 e. The first kappa shape index (κ1) is 30.9. The third kappa shape index (κ3) is 19.2. The van der Waals surface area contributed by atoms with Crippen LogP contribution in [0.4, 0.5) is 0 Å². The summed E-state index contributed by atoms with van der Waals surface area (Å²) in [5.41, 5.74) is -2.74. The summed E-state index contributed by atoms with van der Waals surface area (Å²) >= 11 is 0. The first-order chi connectivity index (χ1) is 9.48. The van der Waals surface area contributed by atoms with Crippen LogP contribution in [0.1, 0.15) is 12.8 Å². The summed E-state index contributed by atoms with van der Waals surface area (Å²) in [6.07, 6.45) is -2.29. The van der Waals surface area contributed by atoms with Crippen LogP contribution in [0.15, 0.2) is 0 Å². The van der Waals surface area contributed by atoms with E-state index in [1.807, 2.05) is 0 Å². The Labute approximate surface area is 143 Å². The smallest absolute Gasteiger partial charge is 0.870 e. The number of carboxylic acids is 3. The van der Waals surface area contributed by atoms with Crippen molar-refractivity contribution in [1.29, 1.82) is 0 Å². The fourth-order valence-corrected chi connectivity index (χ4v) is 1.92. The molecule has 0 aliphatic heterocycles. The van der Waals surface area contributed by atoms with E-state index >= 15 is 0 Å². The first-order valence-corrected chi connectivity index (χ1v) is 7.71.